The standard InChI is InChI=1S/C22H25FIN5O2S/c1-12-2-3-15(23)14(6-12)22-28-18(11-32-22)21(31)27-17-8-26-5-4-19(17)29-9-13(7-24)20(30)16(25)10-29/h2-6,8,11,13,16,20-21,27,30-31H,7,9-10,25H2,1H3/t13-,16+,20+,21?/m0/s1. The molecule has 0 aliphatic carbocycles. The van der Waals surface area contributed by atoms with Crippen molar-refractivity contribution in [2.24, 2.45) is 11.7 Å². The van der Waals surface area contributed by atoms with Gasteiger partial charge in [0.25, 0.3) is 0 Å². The summed E-state index contributed by atoms with van der Waals surface area (Å²) in [7, 11) is 0. The number of piperidine rings is 1. The Labute approximate surface area is 203 Å². The SMILES string of the molecule is Cc1ccc(F)c(-c2nc(C(O)Nc3cnccc3N3C[C@H](CI)[C@@H](O)[C@H](N)C3)cs2)c1. The quantitative estimate of drug-likeness (QED) is 0.205. The molecule has 32 heavy (non-hydrogen) atoms. The highest BCUT2D eigenvalue weighted by Gasteiger charge is 2.34. The molecule has 4 rings (SSSR count). The van der Waals surface area contributed by atoms with Gasteiger partial charge in [0.05, 0.1) is 23.7 Å². The molecule has 0 amide bonds. The number of hydrogen-bond acceptors (Lipinski definition) is 8. The number of pyridine rings is 1. The number of anilines is 2. The largest absolute Gasteiger partial charge is 0.391 e. The molecule has 1 aliphatic rings. The molecule has 10 heteroatoms. The number of aliphatic hydroxyl groups is 2. The number of hydrogen-bond donors (Lipinski definition) is 4. The molecule has 1 saturated heterocycles. The van der Waals surface area contributed by atoms with Gasteiger partial charge in [-0.1, -0.05) is 34.2 Å². The maximum absolute atomic E-state index is 14.2. The highest BCUT2D eigenvalue weighted by Crippen LogP contribution is 2.33. The fraction of sp³-hybridized carbons (Fsp3) is 0.364. The molecule has 1 unspecified atom stereocenters. The van der Waals surface area contributed by atoms with E-state index in [0.29, 0.717) is 35.0 Å². The van der Waals surface area contributed by atoms with Crippen molar-refractivity contribution >= 4 is 45.3 Å². The number of halogens is 2. The molecule has 0 spiro atoms. The fourth-order valence-electron chi connectivity index (χ4n) is 3.85. The first-order chi connectivity index (χ1) is 15.4. The van der Waals surface area contributed by atoms with Gasteiger partial charge in [-0.25, -0.2) is 9.37 Å². The van der Waals surface area contributed by atoms with Gasteiger partial charge in [-0.2, -0.15) is 0 Å². The number of nitrogens with one attached hydrogen (secondary N) is 1. The van der Waals surface area contributed by atoms with E-state index < -0.39 is 12.3 Å². The summed E-state index contributed by atoms with van der Waals surface area (Å²) in [4.78, 5) is 10.7. The molecule has 1 aliphatic heterocycles. The molecule has 1 fully saturated rings. The number of nitrogens with zero attached hydrogens (tertiary/aromatic N) is 3. The van der Waals surface area contributed by atoms with Gasteiger partial charge in [0.15, 0.2) is 6.23 Å². The first kappa shape index (κ1) is 23.3. The van der Waals surface area contributed by atoms with Gasteiger partial charge in [-0.05, 0) is 25.1 Å². The van der Waals surface area contributed by atoms with Crippen LogP contribution in [0.3, 0.4) is 0 Å². The maximum Gasteiger partial charge on any atom is 0.169 e. The number of nitrogens with two attached hydrogens (primary N) is 1. The van der Waals surface area contributed by atoms with Crippen LogP contribution in [0.4, 0.5) is 15.8 Å². The van der Waals surface area contributed by atoms with Crippen LogP contribution in [0.1, 0.15) is 17.5 Å². The van der Waals surface area contributed by atoms with E-state index in [-0.39, 0.29) is 17.8 Å². The zero-order valence-corrected chi connectivity index (χ0v) is 20.4. The highest BCUT2D eigenvalue weighted by atomic mass is 127. The van der Waals surface area contributed by atoms with Crippen LogP contribution in [0.25, 0.3) is 10.6 Å². The second-order valence-electron chi connectivity index (χ2n) is 7.97. The molecule has 2 aromatic heterocycles. The summed E-state index contributed by atoms with van der Waals surface area (Å²) < 4.78 is 15.0. The Balaban J connectivity index is 1.54. The summed E-state index contributed by atoms with van der Waals surface area (Å²) >= 11 is 3.54. The average molecular weight is 569 g/mol. The zero-order valence-electron chi connectivity index (χ0n) is 17.4. The third kappa shape index (κ3) is 4.88. The van der Waals surface area contributed by atoms with Crippen molar-refractivity contribution in [3.05, 3.63) is 59.1 Å². The second kappa shape index (κ2) is 9.96. The second-order valence-corrected chi connectivity index (χ2v) is 9.71. The van der Waals surface area contributed by atoms with Gasteiger partial charge in [-0.3, -0.25) is 4.98 Å². The van der Waals surface area contributed by atoms with Crippen molar-refractivity contribution in [3.63, 3.8) is 0 Å². The van der Waals surface area contributed by atoms with Crippen molar-refractivity contribution in [2.45, 2.75) is 25.3 Å². The van der Waals surface area contributed by atoms with E-state index in [1.807, 2.05) is 13.0 Å². The van der Waals surface area contributed by atoms with E-state index in [1.165, 1.54) is 17.4 Å². The number of aromatic nitrogens is 2. The first-order valence-corrected chi connectivity index (χ1v) is 12.6. The van der Waals surface area contributed by atoms with E-state index in [1.54, 1.807) is 29.9 Å². The Hall–Kier alpha value is -1.86. The van der Waals surface area contributed by atoms with Gasteiger partial charge in [0.2, 0.25) is 0 Å². The lowest BCUT2D eigenvalue weighted by molar-refractivity contribution is 0.0818. The minimum absolute atomic E-state index is 0.0515. The lowest BCUT2D eigenvalue weighted by atomic mass is 9.92. The monoisotopic (exact) mass is 569 g/mol. The van der Waals surface area contributed by atoms with Crippen molar-refractivity contribution < 1.29 is 14.6 Å². The molecular weight excluding hydrogens is 544 g/mol. The molecule has 1 aromatic carbocycles. The molecule has 3 aromatic rings. The summed E-state index contributed by atoms with van der Waals surface area (Å²) in [5, 5.41) is 26.4. The fourth-order valence-corrected chi connectivity index (χ4v) is 5.50. The van der Waals surface area contributed by atoms with Crippen molar-refractivity contribution in [3.8, 4) is 10.6 Å². The number of alkyl halides is 1. The van der Waals surface area contributed by atoms with Crippen LogP contribution in [0.5, 0.6) is 0 Å². The van der Waals surface area contributed by atoms with E-state index in [2.05, 4.69) is 42.8 Å². The molecule has 0 bridgehead atoms. The minimum atomic E-state index is -1.10. The summed E-state index contributed by atoms with van der Waals surface area (Å²) in [5.41, 5.74) is 9.40. The number of aliphatic hydroxyl groups excluding tert-OH is 2. The van der Waals surface area contributed by atoms with Crippen molar-refractivity contribution in [1.82, 2.24) is 9.97 Å². The predicted molar refractivity (Wildman–Crippen MR) is 134 cm³/mol. The van der Waals surface area contributed by atoms with Gasteiger partial charge in [0.1, 0.15) is 16.5 Å². The Kier molecular flexibility index (Phi) is 7.25. The van der Waals surface area contributed by atoms with Crippen LogP contribution in [0, 0.1) is 18.7 Å². The Bertz CT molecular complexity index is 1080. The van der Waals surface area contributed by atoms with Gasteiger partial charge in [0, 0.05) is 46.6 Å². The van der Waals surface area contributed by atoms with E-state index in [9.17, 15) is 14.6 Å². The molecule has 170 valence electrons. The highest BCUT2D eigenvalue weighted by molar-refractivity contribution is 14.1. The van der Waals surface area contributed by atoms with Crippen LogP contribution in [0.2, 0.25) is 0 Å². The molecule has 3 heterocycles. The van der Waals surface area contributed by atoms with Crippen molar-refractivity contribution in [2.75, 3.05) is 27.7 Å². The molecular formula is C22H25FIN5O2S. The third-order valence-electron chi connectivity index (χ3n) is 5.59. The molecule has 0 saturated carbocycles. The topological polar surface area (TPSA) is 108 Å². The Morgan fingerprint density at radius 1 is 1.38 bits per heavy atom. The summed E-state index contributed by atoms with van der Waals surface area (Å²) in [6.07, 6.45) is 1.69. The smallest absolute Gasteiger partial charge is 0.169 e. The van der Waals surface area contributed by atoms with Gasteiger partial charge >= 0.3 is 0 Å². The average Bonchev–Trinajstić information content (AvgIpc) is 3.28. The molecule has 0 radical (unpaired) electrons. The van der Waals surface area contributed by atoms with Crippen LogP contribution < -0.4 is 16.0 Å². The van der Waals surface area contributed by atoms with Crippen LogP contribution in [-0.2, 0) is 0 Å². The lowest BCUT2D eigenvalue weighted by Crippen LogP contribution is -2.57. The third-order valence-corrected chi connectivity index (χ3v) is 7.62. The molecule has 7 nitrogen and oxygen atoms in total. The van der Waals surface area contributed by atoms with Crippen LogP contribution in [-0.4, -0.2) is 49.8 Å². The lowest BCUT2D eigenvalue weighted by Gasteiger charge is -2.41. The maximum atomic E-state index is 14.2. The number of aryl methyl sites for hydroxylation is 1. The first-order valence-electron chi connectivity index (χ1n) is 10.2. The van der Waals surface area contributed by atoms with Crippen molar-refractivity contribution in [1.29, 1.82) is 0 Å². The number of rotatable bonds is 6. The predicted octanol–water partition coefficient (Wildman–Crippen LogP) is 3.32. The Morgan fingerprint density at radius 3 is 2.97 bits per heavy atom. The molecule has 4 atom stereocenters. The number of benzene rings is 1. The van der Waals surface area contributed by atoms with E-state index in [4.69, 9.17) is 5.73 Å². The summed E-state index contributed by atoms with van der Waals surface area (Å²) in [5.74, 6) is -0.294. The zero-order chi connectivity index (χ0) is 22.8. The minimum Gasteiger partial charge on any atom is -0.391 e. The molecule has 5 N–H and O–H groups in total. The summed E-state index contributed by atoms with van der Waals surface area (Å²) in [6, 6.07) is 6.38. The van der Waals surface area contributed by atoms with E-state index in [0.717, 1.165) is 15.7 Å². The van der Waals surface area contributed by atoms with E-state index >= 15 is 0 Å². The summed E-state index contributed by atoms with van der Waals surface area (Å²) in [6.45, 7) is 3.04. The van der Waals surface area contributed by atoms with Crippen LogP contribution >= 0.6 is 33.9 Å². The normalized spacial score (nSPS) is 22.1. The Morgan fingerprint density at radius 2 is 2.19 bits per heavy atom. The number of thiazole rings is 1. The van der Waals surface area contributed by atoms with Crippen LogP contribution in [0.15, 0.2) is 42.0 Å². The van der Waals surface area contributed by atoms with Gasteiger partial charge in [-0.15, -0.1) is 11.3 Å². The van der Waals surface area contributed by atoms with Gasteiger partial charge < -0.3 is 26.2 Å².